The number of hydrogen-bond donors (Lipinski definition) is 1. The van der Waals surface area contributed by atoms with Gasteiger partial charge in [-0.1, -0.05) is 12.1 Å². The van der Waals surface area contributed by atoms with Crippen LogP contribution >= 0.6 is 0 Å². The van der Waals surface area contributed by atoms with Crippen LogP contribution in [-0.4, -0.2) is 30.4 Å². The third-order valence-corrected chi connectivity index (χ3v) is 2.71. The highest BCUT2D eigenvalue weighted by Crippen LogP contribution is 2.06. The Morgan fingerprint density at radius 1 is 1.47 bits per heavy atom. The van der Waals surface area contributed by atoms with Crippen molar-refractivity contribution in [3.63, 3.8) is 0 Å². The topological polar surface area (TPSA) is 70.1 Å². The Kier molecular flexibility index (Phi) is 4.68. The lowest BCUT2D eigenvalue weighted by Crippen LogP contribution is -2.42. The van der Waals surface area contributed by atoms with Gasteiger partial charge in [-0.25, -0.2) is 0 Å². The molecule has 0 fully saturated rings. The summed E-state index contributed by atoms with van der Waals surface area (Å²) < 4.78 is 0. The second kappa shape index (κ2) is 6.02. The van der Waals surface area contributed by atoms with Gasteiger partial charge in [0.2, 0.25) is 5.91 Å². The molecule has 0 heterocycles. The highest BCUT2D eigenvalue weighted by molar-refractivity contribution is 5.81. The summed E-state index contributed by atoms with van der Waals surface area (Å²) in [6.45, 7) is 2.56. The maximum absolute atomic E-state index is 11.8. The van der Waals surface area contributed by atoms with Crippen LogP contribution in [0, 0.1) is 11.3 Å². The van der Waals surface area contributed by atoms with Crippen LogP contribution < -0.4 is 5.73 Å². The molecule has 1 aromatic carbocycles. The molecule has 0 aliphatic heterocycles. The van der Waals surface area contributed by atoms with Gasteiger partial charge in [0.1, 0.15) is 0 Å². The molecule has 1 amide bonds. The number of likely N-dealkylation sites (N-methyl/N-ethyl adjacent to an activating group) is 1. The Morgan fingerprint density at radius 3 is 2.53 bits per heavy atom. The van der Waals surface area contributed by atoms with E-state index in [1.54, 1.807) is 24.1 Å². The van der Waals surface area contributed by atoms with E-state index in [9.17, 15) is 4.79 Å². The molecule has 1 unspecified atom stereocenters. The molecule has 0 aliphatic carbocycles. The number of rotatable bonds is 4. The van der Waals surface area contributed by atoms with Crippen LogP contribution in [0.1, 0.15) is 18.1 Å². The van der Waals surface area contributed by atoms with E-state index in [4.69, 9.17) is 11.0 Å². The molecule has 17 heavy (non-hydrogen) atoms. The zero-order valence-corrected chi connectivity index (χ0v) is 10.2. The van der Waals surface area contributed by atoms with Crippen molar-refractivity contribution in [1.82, 2.24) is 4.90 Å². The van der Waals surface area contributed by atoms with Gasteiger partial charge in [-0.3, -0.25) is 4.79 Å². The normalized spacial score (nSPS) is 11.6. The molecule has 4 heteroatoms. The van der Waals surface area contributed by atoms with E-state index in [1.807, 2.05) is 19.1 Å². The predicted octanol–water partition coefficient (Wildman–Crippen LogP) is 0.906. The maximum atomic E-state index is 11.8. The van der Waals surface area contributed by atoms with Gasteiger partial charge in [-0.15, -0.1) is 0 Å². The summed E-state index contributed by atoms with van der Waals surface area (Å²) >= 11 is 0. The summed E-state index contributed by atoms with van der Waals surface area (Å²) in [6.07, 6.45) is 0.495. The fourth-order valence-corrected chi connectivity index (χ4v) is 1.50. The quantitative estimate of drug-likeness (QED) is 0.837. The molecule has 1 rings (SSSR count). The lowest BCUT2D eigenvalue weighted by Gasteiger charge is -2.19. The fourth-order valence-electron chi connectivity index (χ4n) is 1.50. The van der Waals surface area contributed by atoms with Crippen LogP contribution in [0.15, 0.2) is 24.3 Å². The summed E-state index contributed by atoms with van der Waals surface area (Å²) in [7, 11) is 1.74. The van der Waals surface area contributed by atoms with Gasteiger partial charge >= 0.3 is 0 Å². The molecule has 0 radical (unpaired) electrons. The first-order valence-electron chi connectivity index (χ1n) is 5.58. The molecule has 4 nitrogen and oxygen atoms in total. The monoisotopic (exact) mass is 231 g/mol. The van der Waals surface area contributed by atoms with Gasteiger partial charge in [-0.2, -0.15) is 5.26 Å². The summed E-state index contributed by atoms with van der Waals surface area (Å²) in [6, 6.07) is 8.66. The number of carbonyl (C=O) groups excluding carboxylic acids is 1. The highest BCUT2D eigenvalue weighted by Gasteiger charge is 2.16. The summed E-state index contributed by atoms with van der Waals surface area (Å²) in [5, 5.41) is 8.67. The lowest BCUT2D eigenvalue weighted by molar-refractivity contribution is -0.131. The van der Waals surface area contributed by atoms with Crippen LogP contribution in [0.3, 0.4) is 0 Å². The molecule has 0 saturated carbocycles. The van der Waals surface area contributed by atoms with Crippen LogP contribution in [0.4, 0.5) is 0 Å². The van der Waals surface area contributed by atoms with E-state index in [-0.39, 0.29) is 5.91 Å². The number of amides is 1. The van der Waals surface area contributed by atoms with Gasteiger partial charge < -0.3 is 10.6 Å². The molecule has 0 saturated heterocycles. The smallest absolute Gasteiger partial charge is 0.239 e. The van der Waals surface area contributed by atoms with E-state index < -0.39 is 6.04 Å². The minimum atomic E-state index is -0.520. The van der Waals surface area contributed by atoms with E-state index in [2.05, 4.69) is 6.07 Å². The first kappa shape index (κ1) is 13.2. The number of nitrogens with two attached hydrogens (primary N) is 1. The standard InChI is InChI=1S/C13H17N3O/c1-3-16(2)13(17)12(15)8-10-4-6-11(9-14)7-5-10/h4-7,12H,3,8,15H2,1-2H3. The Balaban J connectivity index is 2.65. The Labute approximate surface area is 102 Å². The minimum Gasteiger partial charge on any atom is -0.345 e. The zero-order chi connectivity index (χ0) is 12.8. The average Bonchev–Trinajstić information content (AvgIpc) is 2.37. The number of nitriles is 1. The second-order valence-electron chi connectivity index (χ2n) is 3.97. The first-order chi connectivity index (χ1) is 8.08. The average molecular weight is 231 g/mol. The van der Waals surface area contributed by atoms with Gasteiger partial charge in [0.25, 0.3) is 0 Å². The van der Waals surface area contributed by atoms with Gasteiger partial charge in [0.15, 0.2) is 0 Å². The summed E-state index contributed by atoms with van der Waals surface area (Å²) in [5.41, 5.74) is 7.42. The third-order valence-electron chi connectivity index (χ3n) is 2.71. The minimum absolute atomic E-state index is 0.0585. The Morgan fingerprint density at radius 2 is 2.06 bits per heavy atom. The van der Waals surface area contributed by atoms with Crippen molar-refractivity contribution in [2.24, 2.45) is 5.73 Å². The molecule has 0 aliphatic rings. The van der Waals surface area contributed by atoms with Crippen LogP contribution in [-0.2, 0) is 11.2 Å². The third kappa shape index (κ3) is 3.58. The molecular formula is C13H17N3O. The second-order valence-corrected chi connectivity index (χ2v) is 3.97. The van der Waals surface area contributed by atoms with Crippen LogP contribution in [0.5, 0.6) is 0 Å². The molecule has 0 spiro atoms. The number of hydrogen-bond acceptors (Lipinski definition) is 3. The molecule has 0 bridgehead atoms. The van der Waals surface area contributed by atoms with Crippen molar-refractivity contribution < 1.29 is 4.79 Å². The van der Waals surface area contributed by atoms with E-state index in [0.717, 1.165) is 5.56 Å². The van der Waals surface area contributed by atoms with Gasteiger partial charge in [0, 0.05) is 13.6 Å². The van der Waals surface area contributed by atoms with E-state index >= 15 is 0 Å². The molecule has 0 aromatic heterocycles. The predicted molar refractivity (Wildman–Crippen MR) is 66.1 cm³/mol. The van der Waals surface area contributed by atoms with Crippen molar-refractivity contribution in [1.29, 1.82) is 5.26 Å². The van der Waals surface area contributed by atoms with Gasteiger partial charge in [0.05, 0.1) is 17.7 Å². The maximum Gasteiger partial charge on any atom is 0.239 e. The van der Waals surface area contributed by atoms with Crippen molar-refractivity contribution in [3.05, 3.63) is 35.4 Å². The summed E-state index contributed by atoms with van der Waals surface area (Å²) in [5.74, 6) is -0.0585. The molecule has 1 atom stereocenters. The largest absolute Gasteiger partial charge is 0.345 e. The van der Waals surface area contributed by atoms with Gasteiger partial charge in [-0.05, 0) is 31.0 Å². The first-order valence-corrected chi connectivity index (χ1v) is 5.58. The molecular weight excluding hydrogens is 214 g/mol. The number of nitrogens with zero attached hydrogens (tertiary/aromatic N) is 2. The van der Waals surface area contributed by atoms with E-state index in [1.165, 1.54) is 0 Å². The molecule has 1 aromatic rings. The highest BCUT2D eigenvalue weighted by atomic mass is 16.2. The lowest BCUT2D eigenvalue weighted by atomic mass is 10.0. The molecule has 2 N–H and O–H groups in total. The van der Waals surface area contributed by atoms with Crippen LogP contribution in [0.2, 0.25) is 0 Å². The van der Waals surface area contributed by atoms with Crippen molar-refractivity contribution in [2.45, 2.75) is 19.4 Å². The Hall–Kier alpha value is -1.86. The van der Waals surface area contributed by atoms with Crippen molar-refractivity contribution in [3.8, 4) is 6.07 Å². The summed E-state index contributed by atoms with van der Waals surface area (Å²) in [4.78, 5) is 13.4. The van der Waals surface area contributed by atoms with Crippen molar-refractivity contribution in [2.75, 3.05) is 13.6 Å². The molecule has 90 valence electrons. The fraction of sp³-hybridized carbons (Fsp3) is 0.385. The van der Waals surface area contributed by atoms with E-state index in [0.29, 0.717) is 18.5 Å². The zero-order valence-electron chi connectivity index (χ0n) is 10.2. The number of carbonyl (C=O) groups is 1. The van der Waals surface area contributed by atoms with Crippen molar-refractivity contribution >= 4 is 5.91 Å². The SMILES string of the molecule is CCN(C)C(=O)C(N)Cc1ccc(C#N)cc1. The van der Waals surface area contributed by atoms with Crippen LogP contribution in [0.25, 0.3) is 0 Å². The Bertz CT molecular complexity index is 419. The number of benzene rings is 1.